The zero-order valence-corrected chi connectivity index (χ0v) is 15.0. The lowest BCUT2D eigenvalue weighted by Crippen LogP contribution is -2.37. The number of nitrogen functional groups attached to an aromatic ring is 1. The normalized spacial score (nSPS) is 13.2. The number of amides is 1. The summed E-state index contributed by atoms with van der Waals surface area (Å²) in [7, 11) is 0. The monoisotopic (exact) mass is 367 g/mol. The van der Waals surface area contributed by atoms with Crippen molar-refractivity contribution in [2.24, 2.45) is 0 Å². The molecule has 0 bridgehead atoms. The Morgan fingerprint density at radius 1 is 1.08 bits per heavy atom. The smallest absolute Gasteiger partial charge is 0.251 e. The highest BCUT2D eigenvalue weighted by molar-refractivity contribution is 5.94. The Balaban J connectivity index is 0.00000144. The van der Waals surface area contributed by atoms with E-state index in [0.29, 0.717) is 17.8 Å². The van der Waals surface area contributed by atoms with Gasteiger partial charge in [0.2, 0.25) is 0 Å². The topological polar surface area (TPSA) is 58.4 Å². The standard InChI is InChI=1S/C18H21N3O.2ClH/c19-17-7-3-6-15(12-17)18(22)20-9-11-21-10-8-14-4-1-2-5-16(14)13-21;;/h1-7,12H,8-11,13,19H2,(H,20,22);2*1H. The van der Waals surface area contributed by atoms with E-state index in [-0.39, 0.29) is 30.7 Å². The van der Waals surface area contributed by atoms with E-state index >= 15 is 0 Å². The average molecular weight is 368 g/mol. The summed E-state index contributed by atoms with van der Waals surface area (Å²) >= 11 is 0. The van der Waals surface area contributed by atoms with Crippen LogP contribution < -0.4 is 11.1 Å². The number of hydrogen-bond donors (Lipinski definition) is 2. The molecule has 0 radical (unpaired) electrons. The van der Waals surface area contributed by atoms with Crippen molar-refractivity contribution in [3.63, 3.8) is 0 Å². The third-order valence-electron chi connectivity index (χ3n) is 4.07. The lowest BCUT2D eigenvalue weighted by Gasteiger charge is -2.28. The van der Waals surface area contributed by atoms with Crippen LogP contribution in [0.5, 0.6) is 0 Å². The fourth-order valence-corrected chi connectivity index (χ4v) is 2.85. The number of nitrogens with two attached hydrogens (primary N) is 1. The van der Waals surface area contributed by atoms with Gasteiger partial charge in [-0.2, -0.15) is 0 Å². The number of halogens is 2. The first-order valence-corrected chi connectivity index (χ1v) is 7.65. The van der Waals surface area contributed by atoms with E-state index in [1.807, 2.05) is 0 Å². The van der Waals surface area contributed by atoms with Gasteiger partial charge in [-0.25, -0.2) is 0 Å². The fourth-order valence-electron chi connectivity index (χ4n) is 2.85. The summed E-state index contributed by atoms with van der Waals surface area (Å²) in [5.41, 5.74) is 9.77. The van der Waals surface area contributed by atoms with Crippen LogP contribution in [0.3, 0.4) is 0 Å². The van der Waals surface area contributed by atoms with Crippen molar-refractivity contribution in [2.45, 2.75) is 13.0 Å². The number of anilines is 1. The number of hydrogen-bond acceptors (Lipinski definition) is 3. The number of nitrogens with zero attached hydrogens (tertiary/aromatic N) is 1. The van der Waals surface area contributed by atoms with Crippen LogP contribution in [0.4, 0.5) is 5.69 Å². The Hall–Kier alpha value is -1.75. The summed E-state index contributed by atoms with van der Waals surface area (Å²) in [6, 6.07) is 15.6. The molecule has 1 aliphatic rings. The maximum absolute atomic E-state index is 12.1. The quantitative estimate of drug-likeness (QED) is 0.816. The van der Waals surface area contributed by atoms with E-state index in [1.165, 1.54) is 11.1 Å². The molecule has 1 amide bonds. The second-order valence-corrected chi connectivity index (χ2v) is 5.68. The number of carbonyl (C=O) groups is 1. The molecule has 24 heavy (non-hydrogen) atoms. The minimum absolute atomic E-state index is 0. The Kier molecular flexibility index (Phi) is 8.05. The number of nitrogens with one attached hydrogen (secondary N) is 1. The Morgan fingerprint density at radius 2 is 1.83 bits per heavy atom. The molecular weight excluding hydrogens is 345 g/mol. The van der Waals surface area contributed by atoms with E-state index in [1.54, 1.807) is 24.3 Å². The molecule has 1 aliphatic heterocycles. The maximum Gasteiger partial charge on any atom is 0.251 e. The first-order chi connectivity index (χ1) is 10.7. The van der Waals surface area contributed by atoms with E-state index in [0.717, 1.165) is 26.1 Å². The van der Waals surface area contributed by atoms with Gasteiger partial charge in [0.25, 0.3) is 5.91 Å². The van der Waals surface area contributed by atoms with Crippen LogP contribution in [-0.2, 0) is 13.0 Å². The highest BCUT2D eigenvalue weighted by Gasteiger charge is 2.15. The van der Waals surface area contributed by atoms with Gasteiger partial charge in [0.1, 0.15) is 0 Å². The predicted molar refractivity (Wildman–Crippen MR) is 103 cm³/mol. The summed E-state index contributed by atoms with van der Waals surface area (Å²) < 4.78 is 0. The summed E-state index contributed by atoms with van der Waals surface area (Å²) in [5.74, 6) is -0.0651. The molecule has 0 fully saturated rings. The van der Waals surface area contributed by atoms with Crippen LogP contribution >= 0.6 is 24.8 Å². The predicted octanol–water partition coefficient (Wildman–Crippen LogP) is 2.90. The largest absolute Gasteiger partial charge is 0.399 e. The number of carbonyl (C=O) groups excluding carboxylic acids is 1. The third kappa shape index (κ3) is 5.13. The molecule has 3 rings (SSSR count). The van der Waals surface area contributed by atoms with Crippen LogP contribution in [0.1, 0.15) is 21.5 Å². The highest BCUT2D eigenvalue weighted by Crippen LogP contribution is 2.17. The van der Waals surface area contributed by atoms with Crippen molar-refractivity contribution >= 4 is 36.4 Å². The first kappa shape index (κ1) is 20.3. The minimum atomic E-state index is -0.0651. The van der Waals surface area contributed by atoms with Gasteiger partial charge in [-0.05, 0) is 35.7 Å². The maximum atomic E-state index is 12.1. The molecule has 2 aromatic rings. The average Bonchev–Trinajstić information content (AvgIpc) is 2.54. The van der Waals surface area contributed by atoms with Crippen molar-refractivity contribution in [1.29, 1.82) is 0 Å². The van der Waals surface area contributed by atoms with Crippen molar-refractivity contribution in [3.05, 3.63) is 65.2 Å². The molecule has 0 saturated heterocycles. The van der Waals surface area contributed by atoms with Crippen molar-refractivity contribution in [2.75, 3.05) is 25.4 Å². The van der Waals surface area contributed by atoms with Crippen molar-refractivity contribution in [1.82, 2.24) is 10.2 Å². The number of benzene rings is 2. The Morgan fingerprint density at radius 3 is 2.58 bits per heavy atom. The van der Waals surface area contributed by atoms with Crippen LogP contribution in [0.25, 0.3) is 0 Å². The second-order valence-electron chi connectivity index (χ2n) is 5.68. The molecule has 0 unspecified atom stereocenters. The molecule has 0 aromatic heterocycles. The Bertz CT molecular complexity index is 679. The van der Waals surface area contributed by atoms with Gasteiger partial charge in [0.05, 0.1) is 0 Å². The minimum Gasteiger partial charge on any atom is -0.399 e. The lowest BCUT2D eigenvalue weighted by atomic mass is 10.00. The SMILES string of the molecule is Cl.Cl.Nc1cccc(C(=O)NCCN2CCc3ccccc3C2)c1. The number of rotatable bonds is 4. The number of fused-ring (bicyclic) bond motifs is 1. The molecule has 0 spiro atoms. The summed E-state index contributed by atoms with van der Waals surface area (Å²) in [5, 5.41) is 2.96. The van der Waals surface area contributed by atoms with Crippen molar-refractivity contribution < 1.29 is 4.79 Å². The van der Waals surface area contributed by atoms with Crippen molar-refractivity contribution in [3.8, 4) is 0 Å². The fraction of sp³-hybridized carbons (Fsp3) is 0.278. The molecular formula is C18H23Cl2N3O. The summed E-state index contributed by atoms with van der Waals surface area (Å²) in [6.07, 6.45) is 1.08. The second kappa shape index (κ2) is 9.52. The molecule has 0 aliphatic carbocycles. The van der Waals surface area contributed by atoms with Gasteiger partial charge < -0.3 is 11.1 Å². The Labute approximate surface area is 155 Å². The van der Waals surface area contributed by atoms with E-state index in [2.05, 4.69) is 34.5 Å². The third-order valence-corrected chi connectivity index (χ3v) is 4.07. The molecule has 2 aromatic carbocycles. The van der Waals surface area contributed by atoms with Crippen LogP contribution in [0.15, 0.2) is 48.5 Å². The van der Waals surface area contributed by atoms with Gasteiger partial charge in [0.15, 0.2) is 0 Å². The zero-order chi connectivity index (χ0) is 15.4. The van der Waals surface area contributed by atoms with Crippen LogP contribution in [-0.4, -0.2) is 30.4 Å². The summed E-state index contributed by atoms with van der Waals surface area (Å²) in [6.45, 7) is 3.52. The van der Waals surface area contributed by atoms with Gasteiger partial charge in [-0.3, -0.25) is 9.69 Å². The van der Waals surface area contributed by atoms with E-state index in [9.17, 15) is 4.79 Å². The first-order valence-electron chi connectivity index (χ1n) is 7.65. The van der Waals surface area contributed by atoms with Gasteiger partial charge in [-0.1, -0.05) is 30.3 Å². The molecule has 0 saturated carbocycles. The van der Waals surface area contributed by atoms with E-state index in [4.69, 9.17) is 5.73 Å². The molecule has 4 nitrogen and oxygen atoms in total. The van der Waals surface area contributed by atoms with Crippen LogP contribution in [0.2, 0.25) is 0 Å². The molecule has 130 valence electrons. The molecule has 1 heterocycles. The van der Waals surface area contributed by atoms with Crippen LogP contribution in [0, 0.1) is 0 Å². The molecule has 3 N–H and O–H groups in total. The van der Waals surface area contributed by atoms with Gasteiger partial charge in [0, 0.05) is 37.4 Å². The summed E-state index contributed by atoms with van der Waals surface area (Å²) in [4.78, 5) is 14.4. The van der Waals surface area contributed by atoms with Gasteiger partial charge >= 0.3 is 0 Å². The highest BCUT2D eigenvalue weighted by atomic mass is 35.5. The van der Waals surface area contributed by atoms with E-state index < -0.39 is 0 Å². The molecule has 0 atom stereocenters. The lowest BCUT2D eigenvalue weighted by molar-refractivity contribution is 0.0947. The molecule has 6 heteroatoms. The van der Waals surface area contributed by atoms with Gasteiger partial charge in [-0.15, -0.1) is 24.8 Å². The zero-order valence-electron chi connectivity index (χ0n) is 13.4.